The number of nitro groups is 1. The van der Waals surface area contributed by atoms with Crippen LogP contribution in [0.1, 0.15) is 22.5 Å². The summed E-state index contributed by atoms with van der Waals surface area (Å²) in [4.78, 5) is 23.9. The van der Waals surface area contributed by atoms with Crippen LogP contribution in [0.3, 0.4) is 0 Å². The summed E-state index contributed by atoms with van der Waals surface area (Å²) in [7, 11) is 0. The zero-order valence-electron chi connectivity index (χ0n) is 11.6. The molecule has 4 N–H and O–H groups in total. The minimum absolute atomic E-state index is 0.119. The number of nitrogens with one attached hydrogen (secondary N) is 2. The molecule has 0 saturated carbocycles. The second kappa shape index (κ2) is 6.41. The summed E-state index contributed by atoms with van der Waals surface area (Å²) < 4.78 is 0. The van der Waals surface area contributed by atoms with Crippen molar-refractivity contribution in [2.24, 2.45) is 5.84 Å². The first-order valence-corrected chi connectivity index (χ1v) is 7.03. The summed E-state index contributed by atoms with van der Waals surface area (Å²) in [5.74, 6) is 5.50. The molecule has 0 aliphatic heterocycles. The van der Waals surface area contributed by atoms with Gasteiger partial charge >= 0.3 is 5.69 Å². The number of hydrogen-bond donors (Lipinski definition) is 3. The molecule has 2 aromatic heterocycles. The first kappa shape index (κ1) is 15.1. The molecule has 0 aliphatic carbocycles. The SMILES string of the molecule is CCc1cnc(CNc2nc(NN)nc(C)c2[N+](=O)[O-])s1. The number of aromatic nitrogens is 3. The van der Waals surface area contributed by atoms with E-state index in [0.717, 1.165) is 16.3 Å². The van der Waals surface area contributed by atoms with Crippen molar-refractivity contribution >= 4 is 28.8 Å². The van der Waals surface area contributed by atoms with E-state index in [4.69, 9.17) is 5.84 Å². The van der Waals surface area contributed by atoms with E-state index in [0.29, 0.717) is 6.54 Å². The Morgan fingerprint density at radius 1 is 1.48 bits per heavy atom. The molecular formula is C11H15N7O2S. The van der Waals surface area contributed by atoms with Gasteiger partial charge in [-0.25, -0.2) is 15.8 Å². The average molecular weight is 309 g/mol. The Morgan fingerprint density at radius 2 is 2.24 bits per heavy atom. The van der Waals surface area contributed by atoms with Crippen LogP contribution in [-0.4, -0.2) is 19.9 Å². The number of hydrogen-bond acceptors (Lipinski definition) is 9. The van der Waals surface area contributed by atoms with Gasteiger partial charge in [-0.1, -0.05) is 6.92 Å². The van der Waals surface area contributed by atoms with Gasteiger partial charge in [-0.15, -0.1) is 11.3 Å². The van der Waals surface area contributed by atoms with Crippen LogP contribution >= 0.6 is 11.3 Å². The van der Waals surface area contributed by atoms with E-state index >= 15 is 0 Å². The van der Waals surface area contributed by atoms with E-state index < -0.39 is 4.92 Å². The third kappa shape index (κ3) is 3.41. The van der Waals surface area contributed by atoms with E-state index in [2.05, 4.69) is 25.7 Å². The highest BCUT2D eigenvalue weighted by Gasteiger charge is 2.22. The Balaban J connectivity index is 2.25. The minimum Gasteiger partial charge on any atom is -0.358 e. The average Bonchev–Trinajstić information content (AvgIpc) is 2.91. The molecule has 0 aliphatic rings. The number of aryl methyl sites for hydroxylation is 2. The number of nitrogens with zero attached hydrogens (tertiary/aromatic N) is 4. The van der Waals surface area contributed by atoms with Gasteiger partial charge in [0.25, 0.3) is 0 Å². The standard InChI is InChI=1S/C11H15N7O2S/c1-3-7-4-13-8(21-7)5-14-10-9(18(19)20)6(2)15-11(16-10)17-12/h4H,3,5,12H2,1-2H3,(H2,14,15,16,17). The molecule has 0 amide bonds. The van der Waals surface area contributed by atoms with Crippen molar-refractivity contribution in [1.29, 1.82) is 0 Å². The molecule has 21 heavy (non-hydrogen) atoms. The summed E-state index contributed by atoms with van der Waals surface area (Å²) in [6.45, 7) is 3.93. The van der Waals surface area contributed by atoms with Crippen molar-refractivity contribution in [2.45, 2.75) is 26.8 Å². The lowest BCUT2D eigenvalue weighted by molar-refractivity contribution is -0.385. The number of nitrogens with two attached hydrogens (primary N) is 1. The van der Waals surface area contributed by atoms with Crippen molar-refractivity contribution in [3.63, 3.8) is 0 Å². The third-order valence-electron chi connectivity index (χ3n) is 2.73. The molecule has 0 fully saturated rings. The summed E-state index contributed by atoms with van der Waals surface area (Å²) >= 11 is 1.55. The fourth-order valence-electron chi connectivity index (χ4n) is 1.73. The number of hydrazine groups is 1. The molecular weight excluding hydrogens is 294 g/mol. The number of thiazole rings is 1. The molecule has 9 nitrogen and oxygen atoms in total. The number of anilines is 2. The zero-order chi connectivity index (χ0) is 15.4. The van der Waals surface area contributed by atoms with Crippen LogP contribution in [0, 0.1) is 17.0 Å². The smallest absolute Gasteiger partial charge is 0.332 e. The second-order valence-corrected chi connectivity index (χ2v) is 5.36. The van der Waals surface area contributed by atoms with Crippen LogP contribution in [0.15, 0.2) is 6.20 Å². The van der Waals surface area contributed by atoms with Crippen LogP contribution in [0.25, 0.3) is 0 Å². The van der Waals surface area contributed by atoms with Crippen LogP contribution in [-0.2, 0) is 13.0 Å². The van der Waals surface area contributed by atoms with Gasteiger partial charge in [0.2, 0.25) is 11.8 Å². The summed E-state index contributed by atoms with van der Waals surface area (Å²) in [6, 6.07) is 0. The van der Waals surface area contributed by atoms with Gasteiger partial charge in [-0.05, 0) is 13.3 Å². The summed E-state index contributed by atoms with van der Waals surface area (Å²) in [5.41, 5.74) is 2.36. The third-order valence-corrected chi connectivity index (χ3v) is 3.87. The molecule has 0 atom stereocenters. The monoisotopic (exact) mass is 309 g/mol. The second-order valence-electron chi connectivity index (χ2n) is 4.16. The van der Waals surface area contributed by atoms with Crippen molar-refractivity contribution < 1.29 is 4.92 Å². The molecule has 2 rings (SSSR count). The van der Waals surface area contributed by atoms with E-state index in [-0.39, 0.29) is 23.1 Å². The first-order chi connectivity index (χ1) is 10.0. The Labute approximate surface area is 124 Å². The fraction of sp³-hybridized carbons (Fsp3) is 0.364. The van der Waals surface area contributed by atoms with Crippen molar-refractivity contribution in [3.8, 4) is 0 Å². The van der Waals surface area contributed by atoms with Crippen LogP contribution in [0.5, 0.6) is 0 Å². The van der Waals surface area contributed by atoms with Crippen LogP contribution in [0.4, 0.5) is 17.5 Å². The van der Waals surface area contributed by atoms with E-state index in [1.165, 1.54) is 6.92 Å². The van der Waals surface area contributed by atoms with E-state index in [1.807, 2.05) is 6.92 Å². The largest absolute Gasteiger partial charge is 0.358 e. The molecule has 0 spiro atoms. The summed E-state index contributed by atoms with van der Waals surface area (Å²) in [6.07, 6.45) is 2.71. The molecule has 0 saturated heterocycles. The zero-order valence-corrected chi connectivity index (χ0v) is 12.4. The van der Waals surface area contributed by atoms with Gasteiger partial charge in [0.1, 0.15) is 10.7 Å². The summed E-state index contributed by atoms with van der Waals surface area (Å²) in [5, 5.41) is 14.9. The van der Waals surface area contributed by atoms with Gasteiger partial charge in [-0.3, -0.25) is 15.5 Å². The van der Waals surface area contributed by atoms with E-state index in [1.54, 1.807) is 17.5 Å². The topological polar surface area (TPSA) is 132 Å². The first-order valence-electron chi connectivity index (χ1n) is 6.22. The molecule has 2 aromatic rings. The number of rotatable bonds is 6. The maximum atomic E-state index is 11.1. The Hall–Kier alpha value is -2.33. The fourth-order valence-corrected chi connectivity index (χ4v) is 2.53. The molecule has 2 heterocycles. The Morgan fingerprint density at radius 3 is 2.81 bits per heavy atom. The minimum atomic E-state index is -0.517. The lowest BCUT2D eigenvalue weighted by atomic mass is 10.3. The molecule has 0 unspecified atom stereocenters. The highest BCUT2D eigenvalue weighted by Crippen LogP contribution is 2.27. The molecule has 0 bridgehead atoms. The maximum absolute atomic E-state index is 11.1. The Bertz CT molecular complexity index is 658. The van der Waals surface area contributed by atoms with E-state index in [9.17, 15) is 10.1 Å². The van der Waals surface area contributed by atoms with Gasteiger partial charge in [0.15, 0.2) is 0 Å². The molecule has 0 aromatic carbocycles. The quantitative estimate of drug-likeness (QED) is 0.416. The van der Waals surface area contributed by atoms with Crippen LogP contribution in [0.2, 0.25) is 0 Å². The number of nitrogen functional groups attached to an aromatic ring is 1. The maximum Gasteiger partial charge on any atom is 0.332 e. The predicted octanol–water partition coefficient (Wildman–Crippen LogP) is 1.61. The molecule has 112 valence electrons. The normalized spacial score (nSPS) is 10.4. The molecule has 0 radical (unpaired) electrons. The van der Waals surface area contributed by atoms with Crippen molar-refractivity contribution in [3.05, 3.63) is 31.9 Å². The predicted molar refractivity (Wildman–Crippen MR) is 80.1 cm³/mol. The van der Waals surface area contributed by atoms with Gasteiger partial charge in [0, 0.05) is 11.1 Å². The van der Waals surface area contributed by atoms with Gasteiger partial charge in [0.05, 0.1) is 11.5 Å². The highest BCUT2D eigenvalue weighted by molar-refractivity contribution is 7.11. The highest BCUT2D eigenvalue weighted by atomic mass is 32.1. The lowest BCUT2D eigenvalue weighted by Crippen LogP contribution is -2.14. The van der Waals surface area contributed by atoms with Crippen molar-refractivity contribution in [1.82, 2.24) is 15.0 Å². The van der Waals surface area contributed by atoms with Gasteiger partial charge in [-0.2, -0.15) is 4.98 Å². The van der Waals surface area contributed by atoms with Crippen molar-refractivity contribution in [2.75, 3.05) is 10.7 Å². The Kier molecular flexibility index (Phi) is 4.60. The van der Waals surface area contributed by atoms with Gasteiger partial charge < -0.3 is 5.32 Å². The lowest BCUT2D eigenvalue weighted by Gasteiger charge is -2.08. The van der Waals surface area contributed by atoms with Crippen LogP contribution < -0.4 is 16.6 Å². The molecule has 10 heteroatoms.